The topological polar surface area (TPSA) is 60.0 Å². The Hall–Kier alpha value is -3.12. The molecule has 0 amide bonds. The van der Waals surface area contributed by atoms with E-state index >= 15 is 0 Å². The lowest BCUT2D eigenvalue weighted by atomic mass is 10.0. The largest absolute Gasteiger partial charge is 0.493 e. The van der Waals surface area contributed by atoms with Gasteiger partial charge in [-0.15, -0.1) is 0 Å². The molecule has 0 atom stereocenters. The van der Waals surface area contributed by atoms with E-state index < -0.39 is 0 Å². The van der Waals surface area contributed by atoms with Crippen molar-refractivity contribution in [1.82, 2.24) is 14.3 Å². The van der Waals surface area contributed by atoms with E-state index in [2.05, 4.69) is 22.0 Å². The van der Waals surface area contributed by atoms with E-state index in [4.69, 9.17) is 9.15 Å². The molecule has 5 rings (SSSR count). The van der Waals surface area contributed by atoms with E-state index in [0.29, 0.717) is 17.8 Å². The van der Waals surface area contributed by atoms with Crippen LogP contribution in [0.2, 0.25) is 0 Å². The molecule has 148 valence electrons. The fourth-order valence-corrected chi connectivity index (χ4v) is 4.27. The highest BCUT2D eigenvalue weighted by atomic mass is 16.4. The summed E-state index contributed by atoms with van der Waals surface area (Å²) in [6.07, 6.45) is 3.32. The van der Waals surface area contributed by atoms with Gasteiger partial charge < -0.3 is 9.15 Å². The molecule has 0 radical (unpaired) electrons. The number of ether oxygens (including phenoxy) is 1. The van der Waals surface area contributed by atoms with Crippen LogP contribution in [0.5, 0.6) is 5.75 Å². The lowest BCUT2D eigenvalue weighted by Crippen LogP contribution is -2.33. The van der Waals surface area contributed by atoms with Gasteiger partial charge in [-0.3, -0.25) is 14.1 Å². The summed E-state index contributed by atoms with van der Waals surface area (Å²) < 4.78 is 12.9. The third-order valence-corrected chi connectivity index (χ3v) is 5.84. The number of hydrogen-bond acceptors (Lipinski definition) is 5. The quantitative estimate of drug-likeness (QED) is 0.537. The van der Waals surface area contributed by atoms with E-state index in [-0.39, 0.29) is 5.56 Å². The van der Waals surface area contributed by atoms with Crippen molar-refractivity contribution < 1.29 is 9.15 Å². The molecule has 0 bridgehead atoms. The fraction of sp³-hybridized carbons (Fsp3) is 0.304. The number of aryl methyl sites for hydroxylation is 1. The zero-order valence-electron chi connectivity index (χ0n) is 16.6. The molecule has 4 heterocycles. The van der Waals surface area contributed by atoms with Crippen LogP contribution in [0.4, 0.5) is 0 Å². The Morgan fingerprint density at radius 1 is 1.21 bits per heavy atom. The lowest BCUT2D eigenvalue weighted by Gasteiger charge is -2.26. The summed E-state index contributed by atoms with van der Waals surface area (Å²) in [4.78, 5) is 20.1. The molecular formula is C23H23N3O3. The summed E-state index contributed by atoms with van der Waals surface area (Å²) >= 11 is 0. The maximum absolute atomic E-state index is 13.1. The Kier molecular flexibility index (Phi) is 4.36. The fourth-order valence-electron chi connectivity index (χ4n) is 4.27. The van der Waals surface area contributed by atoms with Crippen LogP contribution in [-0.2, 0) is 19.4 Å². The van der Waals surface area contributed by atoms with Crippen molar-refractivity contribution in [1.29, 1.82) is 0 Å². The summed E-state index contributed by atoms with van der Waals surface area (Å²) in [6, 6.07) is 11.8. The number of nitrogens with zero attached hydrogens (tertiary/aromatic N) is 3. The highest BCUT2D eigenvalue weighted by molar-refractivity contribution is 5.82. The molecule has 1 aromatic carbocycles. The minimum Gasteiger partial charge on any atom is -0.493 e. The minimum absolute atomic E-state index is 0.0159. The highest BCUT2D eigenvalue weighted by Gasteiger charge is 2.23. The van der Waals surface area contributed by atoms with Crippen molar-refractivity contribution in [2.75, 3.05) is 20.2 Å². The Balaban J connectivity index is 1.41. The average Bonchev–Trinajstić information content (AvgIpc) is 3.11. The van der Waals surface area contributed by atoms with E-state index in [1.807, 2.05) is 31.2 Å². The van der Waals surface area contributed by atoms with Crippen molar-refractivity contribution >= 4 is 16.6 Å². The molecule has 6 nitrogen and oxygen atoms in total. The van der Waals surface area contributed by atoms with E-state index in [1.165, 1.54) is 10.9 Å². The Morgan fingerprint density at radius 2 is 2.07 bits per heavy atom. The summed E-state index contributed by atoms with van der Waals surface area (Å²) in [7, 11) is 1.59. The molecule has 29 heavy (non-hydrogen) atoms. The van der Waals surface area contributed by atoms with Gasteiger partial charge in [0, 0.05) is 54.5 Å². The number of para-hydroxylation sites is 1. The number of benzene rings is 1. The molecular weight excluding hydrogens is 365 g/mol. The first-order valence-electron chi connectivity index (χ1n) is 9.92. The number of hydrogen-bond donors (Lipinski definition) is 0. The van der Waals surface area contributed by atoms with Crippen LogP contribution < -0.4 is 10.3 Å². The zero-order chi connectivity index (χ0) is 20.0. The van der Waals surface area contributed by atoms with Crippen molar-refractivity contribution in [3.8, 4) is 5.75 Å². The normalized spacial score (nSPS) is 14.4. The smallest absolute Gasteiger partial charge is 0.261 e. The molecule has 0 aliphatic carbocycles. The maximum Gasteiger partial charge on any atom is 0.261 e. The molecule has 0 saturated carbocycles. The number of rotatable bonds is 4. The number of furan rings is 1. The molecule has 0 unspecified atom stereocenters. The van der Waals surface area contributed by atoms with Crippen LogP contribution in [0.3, 0.4) is 0 Å². The van der Waals surface area contributed by atoms with Gasteiger partial charge in [0.25, 0.3) is 5.56 Å². The molecule has 1 aliphatic heterocycles. The molecule has 0 spiro atoms. The first kappa shape index (κ1) is 17.9. The first-order valence-corrected chi connectivity index (χ1v) is 9.92. The molecule has 0 fully saturated rings. The summed E-state index contributed by atoms with van der Waals surface area (Å²) in [5, 5.41) is 1.20. The van der Waals surface area contributed by atoms with Gasteiger partial charge >= 0.3 is 0 Å². The SMILES string of the molecule is Cc1nc2c(O[11CH3])cccn2c(=O)c1CCN1CCc2oc3ccccc3c2C1. The van der Waals surface area contributed by atoms with Gasteiger partial charge in [-0.25, -0.2) is 4.98 Å². The summed E-state index contributed by atoms with van der Waals surface area (Å²) in [6.45, 7) is 4.50. The predicted octanol–water partition coefficient (Wildman–Crippen LogP) is 3.36. The van der Waals surface area contributed by atoms with E-state index in [0.717, 1.165) is 48.7 Å². The second-order valence-corrected chi connectivity index (χ2v) is 7.53. The average molecular weight is 388 g/mol. The number of pyridine rings is 1. The Morgan fingerprint density at radius 3 is 2.93 bits per heavy atom. The Bertz CT molecular complexity index is 1270. The summed E-state index contributed by atoms with van der Waals surface area (Å²) in [5.74, 6) is 1.70. The van der Waals surface area contributed by atoms with Crippen LogP contribution in [-0.4, -0.2) is 34.5 Å². The Labute approximate surface area is 168 Å². The van der Waals surface area contributed by atoms with Gasteiger partial charge in [0.2, 0.25) is 0 Å². The maximum atomic E-state index is 13.1. The first-order chi connectivity index (χ1) is 14.2. The zero-order valence-corrected chi connectivity index (χ0v) is 16.6. The van der Waals surface area contributed by atoms with Crippen LogP contribution >= 0.6 is 0 Å². The number of aromatic nitrogens is 2. The van der Waals surface area contributed by atoms with Crippen LogP contribution in [0.1, 0.15) is 22.6 Å². The molecule has 3 aromatic heterocycles. The molecule has 4 aromatic rings. The van der Waals surface area contributed by atoms with Gasteiger partial charge in [-0.1, -0.05) is 18.2 Å². The van der Waals surface area contributed by atoms with Crippen molar-refractivity contribution in [3.05, 3.63) is 75.5 Å². The second kappa shape index (κ2) is 7.04. The van der Waals surface area contributed by atoms with Gasteiger partial charge in [0.05, 0.1) is 7.11 Å². The lowest BCUT2D eigenvalue weighted by molar-refractivity contribution is 0.246. The number of fused-ring (bicyclic) bond motifs is 4. The van der Waals surface area contributed by atoms with E-state index in [1.54, 1.807) is 17.7 Å². The monoisotopic (exact) mass is 388 g/mol. The van der Waals surface area contributed by atoms with Crippen molar-refractivity contribution in [2.24, 2.45) is 0 Å². The molecule has 1 aliphatic rings. The second-order valence-electron chi connectivity index (χ2n) is 7.53. The summed E-state index contributed by atoms with van der Waals surface area (Å²) in [5.41, 5.74) is 4.32. The van der Waals surface area contributed by atoms with Crippen LogP contribution in [0.15, 0.2) is 51.8 Å². The number of methoxy groups -OCH3 is 1. The standard InChI is InChI=1S/C23H23N3O3/c1-15-16(23(27)26-11-5-8-21(28-2)22(26)24-15)9-12-25-13-10-20-18(14-25)17-6-3-4-7-19(17)29-20/h3-8,11H,9-10,12-14H2,1-2H3/i2-1. The predicted molar refractivity (Wildman–Crippen MR) is 112 cm³/mol. The molecule has 0 saturated heterocycles. The van der Waals surface area contributed by atoms with Gasteiger partial charge in [-0.2, -0.15) is 0 Å². The van der Waals surface area contributed by atoms with Gasteiger partial charge in [0.1, 0.15) is 11.3 Å². The minimum atomic E-state index is -0.0159. The third kappa shape index (κ3) is 3.00. The highest BCUT2D eigenvalue weighted by Crippen LogP contribution is 2.30. The third-order valence-electron chi connectivity index (χ3n) is 5.84. The molecule has 0 N–H and O–H groups in total. The van der Waals surface area contributed by atoms with Crippen LogP contribution in [0, 0.1) is 6.92 Å². The van der Waals surface area contributed by atoms with Crippen molar-refractivity contribution in [2.45, 2.75) is 26.3 Å². The van der Waals surface area contributed by atoms with Gasteiger partial charge in [-0.05, 0) is 31.5 Å². The molecule has 6 heteroatoms. The van der Waals surface area contributed by atoms with Crippen LogP contribution in [0.25, 0.3) is 16.6 Å². The van der Waals surface area contributed by atoms with E-state index in [9.17, 15) is 4.79 Å². The van der Waals surface area contributed by atoms with Crippen molar-refractivity contribution in [3.63, 3.8) is 0 Å². The van der Waals surface area contributed by atoms with Gasteiger partial charge in [0.15, 0.2) is 11.4 Å².